The molecule has 0 heterocycles. The lowest BCUT2D eigenvalue weighted by atomic mass is 9.77. The van der Waals surface area contributed by atoms with E-state index in [1.54, 1.807) is 0 Å². The third kappa shape index (κ3) is 5.49. The van der Waals surface area contributed by atoms with Gasteiger partial charge in [0.05, 0.1) is 0 Å². The Bertz CT molecular complexity index is 670. The first-order chi connectivity index (χ1) is 12.9. The van der Waals surface area contributed by atoms with Gasteiger partial charge >= 0.3 is 6.36 Å². The number of rotatable bonds is 6. The fourth-order valence-electron chi connectivity index (χ4n) is 4.59. The summed E-state index contributed by atoms with van der Waals surface area (Å²) in [5, 5.41) is 0. The van der Waals surface area contributed by atoms with Crippen LogP contribution in [0.1, 0.15) is 75.8 Å². The molecule has 1 aromatic rings. The van der Waals surface area contributed by atoms with Crippen LogP contribution in [0, 0.1) is 17.7 Å². The summed E-state index contributed by atoms with van der Waals surface area (Å²) in [6.07, 6.45) is 8.32. The molecule has 0 N–H and O–H groups in total. The highest BCUT2D eigenvalue weighted by Gasteiger charge is 2.33. The lowest BCUT2D eigenvalue weighted by Crippen LogP contribution is -2.19. The summed E-state index contributed by atoms with van der Waals surface area (Å²) in [6, 6.07) is 2.62. The van der Waals surface area contributed by atoms with Crippen molar-refractivity contribution in [1.82, 2.24) is 0 Å². The van der Waals surface area contributed by atoms with Crippen molar-refractivity contribution in [2.24, 2.45) is 11.8 Å². The number of ether oxygens (including phenoxy) is 1. The molecule has 0 atom stereocenters. The van der Waals surface area contributed by atoms with Crippen molar-refractivity contribution in [2.75, 3.05) is 0 Å². The maximum atomic E-state index is 14.3. The molecule has 1 aromatic carbocycles. The van der Waals surface area contributed by atoms with Crippen molar-refractivity contribution >= 4 is 6.08 Å². The van der Waals surface area contributed by atoms with Crippen molar-refractivity contribution in [2.45, 2.75) is 77.5 Å². The van der Waals surface area contributed by atoms with E-state index in [9.17, 15) is 17.6 Å². The van der Waals surface area contributed by atoms with Gasteiger partial charge in [-0.15, -0.1) is 13.2 Å². The van der Waals surface area contributed by atoms with E-state index in [-0.39, 0.29) is 0 Å². The normalized spacial score (nSPS) is 22.9. The van der Waals surface area contributed by atoms with Crippen LogP contribution in [0.2, 0.25) is 0 Å². The zero-order valence-electron chi connectivity index (χ0n) is 15.9. The van der Waals surface area contributed by atoms with Crippen molar-refractivity contribution in [3.05, 3.63) is 34.6 Å². The molecule has 0 saturated heterocycles. The van der Waals surface area contributed by atoms with E-state index in [1.807, 2.05) is 6.08 Å². The third-order valence-electron chi connectivity index (χ3n) is 6.06. The lowest BCUT2D eigenvalue weighted by Gasteiger charge is -2.29. The first kappa shape index (κ1) is 20.2. The third-order valence-corrected chi connectivity index (χ3v) is 6.06. The lowest BCUT2D eigenvalue weighted by molar-refractivity contribution is -0.275. The molecule has 1 fully saturated rings. The molecule has 0 unspecified atom stereocenters. The summed E-state index contributed by atoms with van der Waals surface area (Å²) >= 11 is 0. The van der Waals surface area contributed by atoms with Gasteiger partial charge in [-0.3, -0.25) is 0 Å². The molecule has 1 saturated carbocycles. The predicted octanol–water partition coefficient (Wildman–Crippen LogP) is 7.44. The minimum Gasteiger partial charge on any atom is -0.403 e. The molecule has 0 amide bonds. The molecule has 5 heteroatoms. The summed E-state index contributed by atoms with van der Waals surface area (Å²) < 4.78 is 55.2. The molecule has 0 aliphatic heterocycles. The zero-order valence-corrected chi connectivity index (χ0v) is 15.9. The Morgan fingerprint density at radius 1 is 1.00 bits per heavy atom. The van der Waals surface area contributed by atoms with Gasteiger partial charge in [-0.05, 0) is 54.7 Å². The van der Waals surface area contributed by atoms with E-state index in [0.717, 1.165) is 30.7 Å². The summed E-state index contributed by atoms with van der Waals surface area (Å²) in [5.74, 6) is 0.0686. The Kier molecular flexibility index (Phi) is 6.48. The molecule has 27 heavy (non-hydrogen) atoms. The molecule has 1 nitrogen and oxygen atoms in total. The van der Waals surface area contributed by atoms with Gasteiger partial charge in [-0.25, -0.2) is 4.39 Å². The minimum absolute atomic E-state index is 0.334. The van der Waals surface area contributed by atoms with E-state index in [1.165, 1.54) is 50.2 Å². The Hall–Kier alpha value is -1.52. The average Bonchev–Trinajstić information content (AvgIpc) is 2.63. The molecule has 0 radical (unpaired) electrons. The molecular weight excluding hydrogens is 356 g/mol. The van der Waals surface area contributed by atoms with Crippen LogP contribution in [0.4, 0.5) is 17.6 Å². The monoisotopic (exact) mass is 384 g/mol. The van der Waals surface area contributed by atoms with Gasteiger partial charge in [-0.1, -0.05) is 63.2 Å². The molecule has 3 rings (SSSR count). The second kappa shape index (κ2) is 8.66. The average molecular weight is 384 g/mol. The molecule has 150 valence electrons. The largest absolute Gasteiger partial charge is 0.573 e. The van der Waals surface area contributed by atoms with Gasteiger partial charge in [0.2, 0.25) is 0 Å². The number of benzene rings is 1. The van der Waals surface area contributed by atoms with Crippen LogP contribution in [0.3, 0.4) is 0 Å². The number of allylic oxidation sites excluding steroid dienone is 1. The van der Waals surface area contributed by atoms with Crippen LogP contribution in [0.15, 0.2) is 17.7 Å². The molecule has 0 spiro atoms. The Morgan fingerprint density at radius 3 is 2.30 bits per heavy atom. The Morgan fingerprint density at radius 2 is 1.67 bits per heavy atom. The van der Waals surface area contributed by atoms with Crippen LogP contribution in [0.5, 0.6) is 5.75 Å². The molecular formula is C22H28F4O. The smallest absolute Gasteiger partial charge is 0.403 e. The molecule has 2 aliphatic rings. The van der Waals surface area contributed by atoms with E-state index in [4.69, 9.17) is 0 Å². The van der Waals surface area contributed by atoms with Gasteiger partial charge in [0.15, 0.2) is 11.6 Å². The number of hydrogen-bond acceptors (Lipinski definition) is 1. The zero-order chi connectivity index (χ0) is 19.4. The van der Waals surface area contributed by atoms with Crippen LogP contribution >= 0.6 is 0 Å². The first-order valence-corrected chi connectivity index (χ1v) is 10.1. The summed E-state index contributed by atoms with van der Waals surface area (Å²) in [4.78, 5) is 0. The van der Waals surface area contributed by atoms with Gasteiger partial charge in [0.1, 0.15) is 0 Å². The summed E-state index contributed by atoms with van der Waals surface area (Å²) in [6.45, 7) is 2.25. The fourth-order valence-corrected chi connectivity index (χ4v) is 4.59. The first-order valence-electron chi connectivity index (χ1n) is 10.1. The van der Waals surface area contributed by atoms with E-state index in [2.05, 4.69) is 11.7 Å². The summed E-state index contributed by atoms with van der Waals surface area (Å²) in [7, 11) is 0. The van der Waals surface area contributed by atoms with Gasteiger partial charge < -0.3 is 4.74 Å². The van der Waals surface area contributed by atoms with Crippen molar-refractivity contribution in [3.8, 4) is 5.75 Å². The van der Waals surface area contributed by atoms with Gasteiger partial charge in [-0.2, -0.15) is 0 Å². The standard InChI is InChI=1S/C22H28F4O/c1-2-3-15-4-6-16(7-5-15)8-9-17-10-12-19-18(14-17)11-13-20(21(19)23)27-22(24,25)26/h11,13-16H,2-10,12H2,1H3. The topological polar surface area (TPSA) is 9.23 Å². The molecule has 2 aliphatic carbocycles. The molecule has 0 bridgehead atoms. The second-order valence-electron chi connectivity index (χ2n) is 8.01. The maximum absolute atomic E-state index is 14.3. The Labute approximate surface area is 158 Å². The second-order valence-corrected chi connectivity index (χ2v) is 8.01. The van der Waals surface area contributed by atoms with Crippen LogP contribution < -0.4 is 4.74 Å². The highest BCUT2D eigenvalue weighted by atomic mass is 19.4. The minimum atomic E-state index is -4.87. The van der Waals surface area contributed by atoms with E-state index < -0.39 is 17.9 Å². The van der Waals surface area contributed by atoms with Crippen molar-refractivity contribution in [1.29, 1.82) is 0 Å². The van der Waals surface area contributed by atoms with Gasteiger partial charge in [0, 0.05) is 0 Å². The van der Waals surface area contributed by atoms with Gasteiger partial charge in [0.25, 0.3) is 0 Å². The SMILES string of the molecule is CCCC1CCC(CCC2=Cc3ccc(OC(F)(F)F)c(F)c3CC2)CC1. The highest BCUT2D eigenvalue weighted by molar-refractivity contribution is 5.61. The molecule has 0 aromatic heterocycles. The quantitative estimate of drug-likeness (QED) is 0.463. The van der Waals surface area contributed by atoms with Crippen molar-refractivity contribution < 1.29 is 22.3 Å². The highest BCUT2D eigenvalue weighted by Crippen LogP contribution is 2.37. The fraction of sp³-hybridized carbons (Fsp3) is 0.636. The summed E-state index contributed by atoms with van der Waals surface area (Å²) in [5.41, 5.74) is 2.30. The maximum Gasteiger partial charge on any atom is 0.573 e. The predicted molar refractivity (Wildman–Crippen MR) is 99.0 cm³/mol. The number of halogens is 4. The van der Waals surface area contributed by atoms with Crippen LogP contribution in [-0.2, 0) is 6.42 Å². The number of fused-ring (bicyclic) bond motifs is 1. The Balaban J connectivity index is 1.58. The van der Waals surface area contributed by atoms with E-state index >= 15 is 0 Å². The van der Waals surface area contributed by atoms with Crippen molar-refractivity contribution in [3.63, 3.8) is 0 Å². The number of alkyl halides is 3. The van der Waals surface area contributed by atoms with Crippen LogP contribution in [-0.4, -0.2) is 6.36 Å². The van der Waals surface area contributed by atoms with Crippen LogP contribution in [0.25, 0.3) is 6.08 Å². The van der Waals surface area contributed by atoms with E-state index in [0.29, 0.717) is 24.0 Å². The number of hydrogen-bond donors (Lipinski definition) is 0.